The van der Waals surface area contributed by atoms with Gasteiger partial charge in [-0.2, -0.15) is 0 Å². The Morgan fingerprint density at radius 1 is 1.22 bits per heavy atom. The van der Waals surface area contributed by atoms with E-state index in [0.29, 0.717) is 11.4 Å². The second-order valence-corrected chi connectivity index (χ2v) is 7.44. The Morgan fingerprint density at radius 2 is 1.96 bits per heavy atom. The fourth-order valence-corrected chi connectivity index (χ4v) is 3.40. The second kappa shape index (κ2) is 6.41. The first-order valence-corrected chi connectivity index (χ1v) is 8.89. The van der Waals surface area contributed by atoms with Gasteiger partial charge in [0, 0.05) is 11.8 Å². The first kappa shape index (κ1) is 15.5. The van der Waals surface area contributed by atoms with Gasteiger partial charge in [-0.15, -0.1) is 0 Å². The number of rotatable bonds is 4. The number of aromatic nitrogens is 1. The van der Waals surface area contributed by atoms with E-state index >= 15 is 0 Å². The van der Waals surface area contributed by atoms with Crippen LogP contribution < -0.4 is 10.5 Å². The number of hydrogen-bond acceptors (Lipinski definition) is 4. The summed E-state index contributed by atoms with van der Waals surface area (Å²) in [4.78, 5) is 4.16. The van der Waals surface area contributed by atoms with E-state index in [1.54, 1.807) is 6.20 Å². The topological polar surface area (TPSA) is 85.1 Å². The van der Waals surface area contributed by atoms with Crippen LogP contribution in [0, 0.1) is 11.8 Å². The summed E-state index contributed by atoms with van der Waals surface area (Å²) in [5.74, 6) is 6.03. The van der Waals surface area contributed by atoms with Gasteiger partial charge in [0.25, 0.3) is 0 Å². The molecule has 1 aromatic heterocycles. The van der Waals surface area contributed by atoms with Crippen LogP contribution in [-0.4, -0.2) is 25.2 Å². The molecule has 5 nitrogen and oxygen atoms in total. The maximum Gasteiger partial charge on any atom is 0.215 e. The third-order valence-electron chi connectivity index (χ3n) is 3.57. The van der Waals surface area contributed by atoms with Gasteiger partial charge in [0.2, 0.25) is 10.0 Å². The van der Waals surface area contributed by atoms with Crippen molar-refractivity contribution in [2.75, 3.05) is 12.3 Å². The van der Waals surface area contributed by atoms with Crippen molar-refractivity contribution < 1.29 is 8.42 Å². The molecule has 1 aliphatic rings. The second-order valence-electron chi connectivity index (χ2n) is 5.39. The highest BCUT2D eigenvalue weighted by Crippen LogP contribution is 2.27. The molecule has 0 amide bonds. The number of nitrogen functional groups attached to an aromatic ring is 1. The average Bonchev–Trinajstić information content (AvgIpc) is 3.39. The van der Waals surface area contributed by atoms with Crippen molar-refractivity contribution in [1.82, 2.24) is 9.71 Å². The van der Waals surface area contributed by atoms with Crippen LogP contribution in [0.3, 0.4) is 0 Å². The quantitative estimate of drug-likeness (QED) is 0.838. The summed E-state index contributed by atoms with van der Waals surface area (Å²) in [5, 5.41) is -0.238. The van der Waals surface area contributed by atoms with Gasteiger partial charge < -0.3 is 5.73 Å². The summed E-state index contributed by atoms with van der Waals surface area (Å²) in [6, 6.07) is 11.7. The standard InChI is InChI=1S/C17H17N3O2S/c18-17-14(7-4-10-20-23(21,22)16-8-9-16)11-15(12-19-17)13-5-2-1-3-6-13/h1-3,5-6,11-12,16,20H,8-10H2,(H2,18,19). The smallest absolute Gasteiger partial charge is 0.215 e. The molecule has 23 heavy (non-hydrogen) atoms. The van der Waals surface area contributed by atoms with Gasteiger partial charge >= 0.3 is 0 Å². The van der Waals surface area contributed by atoms with E-state index < -0.39 is 10.0 Å². The van der Waals surface area contributed by atoms with Crippen LogP contribution in [0.4, 0.5) is 5.82 Å². The first-order valence-electron chi connectivity index (χ1n) is 7.34. The van der Waals surface area contributed by atoms with Crippen LogP contribution in [0.1, 0.15) is 18.4 Å². The van der Waals surface area contributed by atoms with Crippen LogP contribution >= 0.6 is 0 Å². The van der Waals surface area contributed by atoms with Gasteiger partial charge in [-0.1, -0.05) is 42.2 Å². The fraction of sp³-hybridized carbons (Fsp3) is 0.235. The van der Waals surface area contributed by atoms with E-state index in [2.05, 4.69) is 21.5 Å². The molecule has 0 spiro atoms. The lowest BCUT2D eigenvalue weighted by Crippen LogP contribution is -2.27. The molecule has 1 aliphatic carbocycles. The van der Waals surface area contributed by atoms with Gasteiger partial charge in [-0.25, -0.2) is 18.1 Å². The lowest BCUT2D eigenvalue weighted by Gasteiger charge is -2.04. The van der Waals surface area contributed by atoms with Crippen molar-refractivity contribution in [3.8, 4) is 23.0 Å². The molecule has 1 aromatic carbocycles. The van der Waals surface area contributed by atoms with E-state index in [1.807, 2.05) is 36.4 Å². The number of nitrogens with zero attached hydrogens (tertiary/aromatic N) is 1. The molecule has 1 heterocycles. The lowest BCUT2D eigenvalue weighted by molar-refractivity contribution is 0.584. The molecular weight excluding hydrogens is 310 g/mol. The number of sulfonamides is 1. The molecule has 0 unspecified atom stereocenters. The summed E-state index contributed by atoms with van der Waals surface area (Å²) in [5.41, 5.74) is 8.38. The molecule has 0 saturated heterocycles. The van der Waals surface area contributed by atoms with Crippen LogP contribution in [-0.2, 0) is 10.0 Å². The zero-order valence-electron chi connectivity index (χ0n) is 12.5. The summed E-state index contributed by atoms with van der Waals surface area (Å²) in [7, 11) is -3.20. The molecule has 3 N–H and O–H groups in total. The van der Waals surface area contributed by atoms with Crippen molar-refractivity contribution in [3.63, 3.8) is 0 Å². The highest BCUT2D eigenvalue weighted by atomic mass is 32.2. The molecule has 1 fully saturated rings. The molecule has 0 atom stereocenters. The monoisotopic (exact) mass is 327 g/mol. The fourth-order valence-electron chi connectivity index (χ4n) is 2.14. The summed E-state index contributed by atoms with van der Waals surface area (Å²) in [6.07, 6.45) is 3.17. The molecule has 3 rings (SSSR count). The third kappa shape index (κ3) is 3.89. The Labute approximate surface area is 136 Å². The lowest BCUT2D eigenvalue weighted by atomic mass is 10.1. The molecule has 0 radical (unpaired) electrons. The highest BCUT2D eigenvalue weighted by Gasteiger charge is 2.34. The van der Waals surface area contributed by atoms with Crippen molar-refractivity contribution >= 4 is 15.8 Å². The van der Waals surface area contributed by atoms with Gasteiger partial charge in [0.1, 0.15) is 5.82 Å². The van der Waals surface area contributed by atoms with Crippen LogP contribution in [0.5, 0.6) is 0 Å². The number of anilines is 1. The summed E-state index contributed by atoms with van der Waals surface area (Å²) >= 11 is 0. The minimum absolute atomic E-state index is 0.0772. The number of nitrogens with two attached hydrogens (primary N) is 1. The van der Waals surface area contributed by atoms with E-state index in [1.165, 1.54) is 0 Å². The van der Waals surface area contributed by atoms with Gasteiger partial charge in [0.05, 0.1) is 17.4 Å². The normalized spacial score (nSPS) is 14.1. The predicted octanol–water partition coefficient (Wildman–Crippen LogP) is 1.76. The van der Waals surface area contributed by atoms with Crippen LogP contribution in [0.25, 0.3) is 11.1 Å². The Bertz CT molecular complexity index is 864. The third-order valence-corrected chi connectivity index (χ3v) is 5.47. The predicted molar refractivity (Wildman–Crippen MR) is 90.9 cm³/mol. The Morgan fingerprint density at radius 3 is 2.65 bits per heavy atom. The molecule has 6 heteroatoms. The Balaban J connectivity index is 1.74. The molecule has 118 valence electrons. The maximum absolute atomic E-state index is 11.7. The number of hydrogen-bond donors (Lipinski definition) is 2. The molecular formula is C17H17N3O2S. The Kier molecular flexibility index (Phi) is 4.33. The summed E-state index contributed by atoms with van der Waals surface area (Å²) < 4.78 is 25.9. The van der Waals surface area contributed by atoms with Crippen molar-refractivity contribution in [3.05, 3.63) is 48.2 Å². The van der Waals surface area contributed by atoms with Crippen molar-refractivity contribution in [2.45, 2.75) is 18.1 Å². The zero-order valence-corrected chi connectivity index (χ0v) is 13.3. The molecule has 0 bridgehead atoms. The number of pyridine rings is 1. The minimum atomic E-state index is -3.20. The molecule has 1 saturated carbocycles. The zero-order chi connectivity index (χ0) is 16.3. The van der Waals surface area contributed by atoms with Crippen LogP contribution in [0.15, 0.2) is 42.6 Å². The van der Waals surface area contributed by atoms with Crippen LogP contribution in [0.2, 0.25) is 0 Å². The van der Waals surface area contributed by atoms with E-state index in [9.17, 15) is 8.42 Å². The minimum Gasteiger partial charge on any atom is -0.383 e. The van der Waals surface area contributed by atoms with E-state index in [4.69, 9.17) is 5.73 Å². The van der Waals surface area contributed by atoms with Gasteiger partial charge in [0.15, 0.2) is 0 Å². The largest absolute Gasteiger partial charge is 0.383 e. The Hall–Kier alpha value is -2.36. The molecule has 0 aliphatic heterocycles. The highest BCUT2D eigenvalue weighted by molar-refractivity contribution is 7.90. The van der Waals surface area contributed by atoms with Gasteiger partial charge in [-0.05, 0) is 24.5 Å². The molecule has 2 aromatic rings. The number of benzene rings is 1. The number of nitrogens with one attached hydrogen (secondary N) is 1. The summed E-state index contributed by atoms with van der Waals surface area (Å²) in [6.45, 7) is 0.0772. The van der Waals surface area contributed by atoms with Gasteiger partial charge in [-0.3, -0.25) is 0 Å². The maximum atomic E-state index is 11.7. The van der Waals surface area contributed by atoms with E-state index in [0.717, 1.165) is 24.0 Å². The SMILES string of the molecule is Nc1ncc(-c2ccccc2)cc1C#CCNS(=O)(=O)C1CC1. The van der Waals surface area contributed by atoms with Crippen molar-refractivity contribution in [1.29, 1.82) is 0 Å². The first-order chi connectivity index (χ1) is 11.1. The average molecular weight is 327 g/mol. The van der Waals surface area contributed by atoms with Crippen molar-refractivity contribution in [2.24, 2.45) is 0 Å². The van der Waals surface area contributed by atoms with E-state index in [-0.39, 0.29) is 11.8 Å².